The second-order valence-electron chi connectivity index (χ2n) is 7.80. The molecule has 1 fully saturated rings. The maximum absolute atomic E-state index is 13.1. The van der Waals surface area contributed by atoms with Crippen molar-refractivity contribution in [2.45, 2.75) is 24.5 Å². The van der Waals surface area contributed by atoms with Crippen molar-refractivity contribution in [1.82, 2.24) is 24.5 Å². The van der Waals surface area contributed by atoms with E-state index in [1.165, 1.54) is 35.7 Å². The van der Waals surface area contributed by atoms with Crippen molar-refractivity contribution < 1.29 is 28.7 Å². The Labute approximate surface area is 202 Å². The second kappa shape index (κ2) is 8.61. The molecule has 5 rings (SSSR count). The zero-order chi connectivity index (χ0) is 24.1. The summed E-state index contributed by atoms with van der Waals surface area (Å²) in [6.07, 6.45) is 1.27. The predicted octanol–water partition coefficient (Wildman–Crippen LogP) is 1.22. The van der Waals surface area contributed by atoms with E-state index in [1.807, 2.05) is 0 Å². The highest BCUT2D eigenvalue weighted by Crippen LogP contribution is 2.36. The Kier molecular flexibility index (Phi) is 5.75. The van der Waals surface area contributed by atoms with Crippen LogP contribution in [0.3, 0.4) is 0 Å². The third-order valence-corrected chi connectivity index (χ3v) is 7.01. The van der Waals surface area contributed by atoms with Gasteiger partial charge in [0, 0.05) is 34.2 Å². The Morgan fingerprint density at radius 2 is 2.18 bits per heavy atom. The van der Waals surface area contributed by atoms with Crippen LogP contribution in [0.15, 0.2) is 35.5 Å². The van der Waals surface area contributed by atoms with Crippen molar-refractivity contribution in [3.05, 3.63) is 41.0 Å². The molecule has 4 aromatic rings. The van der Waals surface area contributed by atoms with Crippen LogP contribution in [-0.4, -0.2) is 75.2 Å². The summed E-state index contributed by atoms with van der Waals surface area (Å²) in [4.78, 5) is 28.3. The molecule has 1 aliphatic heterocycles. The maximum Gasteiger partial charge on any atom is 0.340 e. The SMILES string of the molecule is C[S@](=O)C[C@H]1O[C@@H](n2cnc3c(N)ncnc32)[C@H](O)[C@@H]1OC(=O)c1c[nH]c2cc(Br)c(O)cc12. The van der Waals surface area contributed by atoms with Gasteiger partial charge in [0.05, 0.1) is 22.1 Å². The van der Waals surface area contributed by atoms with E-state index in [-0.39, 0.29) is 22.9 Å². The van der Waals surface area contributed by atoms with Crippen molar-refractivity contribution in [3.8, 4) is 5.75 Å². The molecule has 0 unspecified atom stereocenters. The molecule has 0 aliphatic carbocycles. The number of nitrogens with one attached hydrogen (secondary N) is 1. The molecule has 0 bridgehead atoms. The van der Waals surface area contributed by atoms with E-state index in [4.69, 9.17) is 15.2 Å². The van der Waals surface area contributed by atoms with E-state index < -0.39 is 41.3 Å². The number of aromatic amines is 1. The number of phenols is 1. The summed E-state index contributed by atoms with van der Waals surface area (Å²) in [6.45, 7) is 0. The summed E-state index contributed by atoms with van der Waals surface area (Å²) in [5.41, 5.74) is 7.28. The van der Waals surface area contributed by atoms with Crippen LogP contribution in [0.4, 0.5) is 5.82 Å². The largest absolute Gasteiger partial charge is 0.507 e. The van der Waals surface area contributed by atoms with Gasteiger partial charge in [-0.15, -0.1) is 0 Å². The summed E-state index contributed by atoms with van der Waals surface area (Å²) in [6, 6.07) is 3.06. The van der Waals surface area contributed by atoms with E-state index in [0.717, 1.165) is 0 Å². The number of carbonyl (C=O) groups is 1. The molecule has 14 heteroatoms. The lowest BCUT2D eigenvalue weighted by atomic mass is 10.1. The lowest BCUT2D eigenvalue weighted by Gasteiger charge is -2.20. The first-order valence-corrected chi connectivity index (χ1v) is 12.5. The average Bonchev–Trinajstić information content (AvgIpc) is 3.46. The average molecular weight is 551 g/mol. The fourth-order valence-electron chi connectivity index (χ4n) is 4.00. The van der Waals surface area contributed by atoms with Gasteiger partial charge in [-0.3, -0.25) is 8.78 Å². The summed E-state index contributed by atoms with van der Waals surface area (Å²) in [5.74, 6) is -0.593. The number of nitrogen functional groups attached to an aromatic ring is 1. The number of aliphatic hydroxyl groups is 1. The third-order valence-electron chi connectivity index (χ3n) is 5.58. The molecule has 0 amide bonds. The zero-order valence-corrected chi connectivity index (χ0v) is 20.0. The van der Waals surface area contributed by atoms with Gasteiger partial charge < -0.3 is 30.4 Å². The minimum absolute atomic E-state index is 0.0247. The van der Waals surface area contributed by atoms with E-state index in [2.05, 4.69) is 35.9 Å². The lowest BCUT2D eigenvalue weighted by molar-refractivity contribution is -0.0296. The van der Waals surface area contributed by atoms with E-state index >= 15 is 0 Å². The van der Waals surface area contributed by atoms with Gasteiger partial charge in [-0.2, -0.15) is 0 Å². The number of anilines is 1. The molecule has 12 nitrogen and oxygen atoms in total. The first-order chi connectivity index (χ1) is 16.2. The number of aromatic hydroxyl groups is 1. The van der Waals surface area contributed by atoms with Crippen molar-refractivity contribution in [1.29, 1.82) is 0 Å². The quantitative estimate of drug-likeness (QED) is 0.264. The molecule has 0 radical (unpaired) electrons. The number of imidazole rings is 1. The summed E-state index contributed by atoms with van der Waals surface area (Å²) in [7, 11) is -1.31. The molecule has 5 atom stereocenters. The van der Waals surface area contributed by atoms with Crippen molar-refractivity contribution in [2.75, 3.05) is 17.7 Å². The minimum atomic E-state index is -1.32. The highest BCUT2D eigenvalue weighted by Gasteiger charge is 2.48. The molecule has 1 aliphatic rings. The van der Waals surface area contributed by atoms with Gasteiger partial charge in [0.2, 0.25) is 0 Å². The fourth-order valence-corrected chi connectivity index (χ4v) is 5.08. The number of nitrogens with two attached hydrogens (primary N) is 1. The number of H-pyrrole nitrogens is 1. The van der Waals surface area contributed by atoms with Gasteiger partial charge in [0.1, 0.15) is 29.8 Å². The number of ether oxygens (including phenoxy) is 2. The number of aromatic nitrogens is 5. The number of halogens is 1. The lowest BCUT2D eigenvalue weighted by Crippen LogP contribution is -2.38. The van der Waals surface area contributed by atoms with Crippen LogP contribution < -0.4 is 5.73 Å². The van der Waals surface area contributed by atoms with Crippen LogP contribution in [0.2, 0.25) is 0 Å². The van der Waals surface area contributed by atoms with Crippen molar-refractivity contribution in [3.63, 3.8) is 0 Å². The second-order valence-corrected chi connectivity index (χ2v) is 10.1. The number of carbonyl (C=O) groups excluding carboxylic acids is 1. The predicted molar refractivity (Wildman–Crippen MR) is 125 cm³/mol. The van der Waals surface area contributed by atoms with Gasteiger partial charge in [0.25, 0.3) is 0 Å². The summed E-state index contributed by atoms with van der Waals surface area (Å²) < 4.78 is 25.6. The molecule has 1 saturated heterocycles. The van der Waals surface area contributed by atoms with Crippen molar-refractivity contribution in [2.24, 2.45) is 0 Å². The number of rotatable bonds is 5. The molecule has 4 heterocycles. The highest BCUT2D eigenvalue weighted by atomic mass is 79.9. The van der Waals surface area contributed by atoms with Gasteiger partial charge in [-0.25, -0.2) is 19.7 Å². The van der Waals surface area contributed by atoms with Crippen LogP contribution in [0, 0.1) is 0 Å². The minimum Gasteiger partial charge on any atom is -0.507 e. The fraction of sp³-hybridized carbons (Fsp3) is 0.300. The summed E-state index contributed by atoms with van der Waals surface area (Å²) >= 11 is 3.23. The van der Waals surface area contributed by atoms with Crippen LogP contribution in [0.5, 0.6) is 5.75 Å². The van der Waals surface area contributed by atoms with Gasteiger partial charge in [-0.1, -0.05) is 0 Å². The standard InChI is InChI=1S/C20H19BrN6O6S/c1-34(31)5-13-16(33-20(30)9-4-23-11-3-10(21)12(28)2-8(9)11)15(29)19(32-13)27-7-26-14-17(22)24-6-25-18(14)27/h2-4,6-7,13,15-16,19,23,28-29H,5H2,1H3,(H2,22,24,25)/t13-,15-,16-,19-,34+/m1/s1. The molecule has 1 aromatic carbocycles. The smallest absolute Gasteiger partial charge is 0.340 e. The molecule has 3 aromatic heterocycles. The third kappa shape index (κ3) is 3.81. The maximum atomic E-state index is 13.1. The Balaban J connectivity index is 1.47. The first kappa shape index (κ1) is 22.7. The normalized spacial score (nSPS) is 23.5. The van der Waals surface area contributed by atoms with Gasteiger partial charge in [-0.05, 0) is 28.1 Å². The summed E-state index contributed by atoms with van der Waals surface area (Å²) in [5, 5.41) is 21.6. The topological polar surface area (TPSA) is 178 Å². The van der Waals surface area contributed by atoms with Crippen LogP contribution in [0.25, 0.3) is 22.1 Å². The number of nitrogens with zero attached hydrogens (tertiary/aromatic N) is 4. The molecular formula is C20H19BrN6O6S. The van der Waals surface area contributed by atoms with Crippen molar-refractivity contribution >= 4 is 60.6 Å². The van der Waals surface area contributed by atoms with Crippen LogP contribution in [0.1, 0.15) is 16.6 Å². The van der Waals surface area contributed by atoms with Crippen LogP contribution >= 0.6 is 15.9 Å². The molecule has 34 heavy (non-hydrogen) atoms. The number of aliphatic hydroxyl groups excluding tert-OH is 1. The molecule has 178 valence electrons. The monoisotopic (exact) mass is 550 g/mol. The zero-order valence-electron chi connectivity index (χ0n) is 17.6. The molecular weight excluding hydrogens is 532 g/mol. The Bertz CT molecular complexity index is 1440. The Morgan fingerprint density at radius 1 is 1.38 bits per heavy atom. The first-order valence-electron chi connectivity index (χ1n) is 10.0. The van der Waals surface area contributed by atoms with Crippen LogP contribution in [-0.2, 0) is 20.3 Å². The molecule has 5 N–H and O–H groups in total. The van der Waals surface area contributed by atoms with E-state index in [0.29, 0.717) is 26.5 Å². The number of esters is 1. The van der Waals surface area contributed by atoms with E-state index in [9.17, 15) is 19.2 Å². The van der Waals surface area contributed by atoms with E-state index in [1.54, 1.807) is 6.07 Å². The number of hydrogen-bond donors (Lipinski definition) is 4. The Morgan fingerprint density at radius 3 is 2.94 bits per heavy atom. The number of hydrogen-bond acceptors (Lipinski definition) is 10. The van der Waals surface area contributed by atoms with Gasteiger partial charge >= 0.3 is 5.97 Å². The highest BCUT2D eigenvalue weighted by molar-refractivity contribution is 9.10. The number of benzene rings is 1. The number of fused-ring (bicyclic) bond motifs is 2. The Hall–Kier alpha value is -3.07. The molecule has 0 spiro atoms. The number of phenolic OH excluding ortho intramolecular Hbond substituents is 1. The van der Waals surface area contributed by atoms with Gasteiger partial charge in [0.15, 0.2) is 23.8 Å². The molecule has 0 saturated carbocycles.